The molecule has 0 heterocycles. The monoisotopic (exact) mass is 299 g/mol. The Hall–Kier alpha value is 0.734. The molecule has 1 atom stereocenters. The molecule has 4 heteroatoms. The zero-order valence-electron chi connectivity index (χ0n) is 10.4. The molecule has 1 nitrogen and oxygen atoms in total. The first-order valence-corrected chi connectivity index (χ1v) is 4.98. The van der Waals surface area contributed by atoms with Gasteiger partial charge in [-0.25, -0.2) is 6.08 Å². The molecule has 16 heavy (non-hydrogen) atoms. The van der Waals surface area contributed by atoms with Crippen molar-refractivity contribution in [1.82, 2.24) is 0 Å². The summed E-state index contributed by atoms with van der Waals surface area (Å²) in [5.41, 5.74) is 1.16. The van der Waals surface area contributed by atoms with E-state index in [4.69, 9.17) is 4.74 Å². The normalized spacial score (nSPS) is 15.4. The van der Waals surface area contributed by atoms with Gasteiger partial charge in [0.25, 0.3) is 0 Å². The van der Waals surface area contributed by atoms with Crippen LogP contribution in [0.3, 0.4) is 0 Å². The van der Waals surface area contributed by atoms with Crippen molar-refractivity contribution in [2.45, 2.75) is 52.2 Å². The van der Waals surface area contributed by atoms with Crippen LogP contribution in [0.5, 0.6) is 0 Å². The van der Waals surface area contributed by atoms with Gasteiger partial charge in [0.1, 0.15) is 0 Å². The Morgan fingerprint density at radius 2 is 1.94 bits per heavy atom. The summed E-state index contributed by atoms with van der Waals surface area (Å²) < 4.78 is 5.92. The van der Waals surface area contributed by atoms with Crippen molar-refractivity contribution in [1.29, 1.82) is 0 Å². The second kappa shape index (κ2) is 9.73. The van der Waals surface area contributed by atoms with Crippen LogP contribution >= 0.6 is 24.8 Å². The summed E-state index contributed by atoms with van der Waals surface area (Å²) in [7, 11) is 0. The number of halogens is 2. The average Bonchev–Trinajstić information content (AvgIpc) is 2.50. The first-order valence-electron chi connectivity index (χ1n) is 4.98. The summed E-state index contributed by atoms with van der Waals surface area (Å²) in [6.07, 6.45) is 9.75. The summed E-state index contributed by atoms with van der Waals surface area (Å²) >= 11 is 0. The van der Waals surface area contributed by atoms with Crippen molar-refractivity contribution in [3.8, 4) is 0 Å². The van der Waals surface area contributed by atoms with Crippen molar-refractivity contribution in [2.24, 2.45) is 0 Å². The molecule has 1 aliphatic carbocycles. The van der Waals surface area contributed by atoms with Gasteiger partial charge in [0.15, 0.2) is 0 Å². The van der Waals surface area contributed by atoms with E-state index >= 15 is 0 Å². The molecule has 0 aliphatic heterocycles. The Balaban J connectivity index is -0.000000563. The quantitative estimate of drug-likeness (QED) is 0.563. The molecule has 94 valence electrons. The van der Waals surface area contributed by atoms with Gasteiger partial charge in [0, 0.05) is 27.8 Å². The average molecular weight is 300 g/mol. The molecule has 0 aromatic rings. The van der Waals surface area contributed by atoms with Gasteiger partial charge in [0.05, 0.1) is 5.60 Å². The van der Waals surface area contributed by atoms with Crippen LogP contribution in [0.2, 0.25) is 0 Å². The Kier molecular flexibility index (Phi) is 13.4. The summed E-state index contributed by atoms with van der Waals surface area (Å²) in [5, 5.41) is 0. The summed E-state index contributed by atoms with van der Waals surface area (Å²) in [6.45, 7) is 8.43. The van der Waals surface area contributed by atoms with Gasteiger partial charge >= 0.3 is 0 Å². The van der Waals surface area contributed by atoms with Crippen molar-refractivity contribution in [2.75, 3.05) is 0 Å². The second-order valence-electron chi connectivity index (χ2n) is 4.37. The maximum atomic E-state index is 5.92. The molecule has 0 bridgehead atoms. The molecular formula is C12H21Cl2OTi-. The standard InChI is InChI=1S/C12H19O.2ClH.Ti/c1-5-11(13-12(2,3)4)10-8-6-7-9-10;;;/h6,8,11H,5,7H2,1-4H3;2*1H;/q-1;;;. The fraction of sp³-hybridized carbons (Fsp3) is 0.667. The number of hydrogen-bond acceptors (Lipinski definition) is 1. The minimum Gasteiger partial charge on any atom is -0.371 e. The predicted octanol–water partition coefficient (Wildman–Crippen LogP) is 4.11. The van der Waals surface area contributed by atoms with Crippen LogP contribution in [0.4, 0.5) is 0 Å². The molecule has 1 unspecified atom stereocenters. The van der Waals surface area contributed by atoms with E-state index < -0.39 is 0 Å². The van der Waals surface area contributed by atoms with Crippen LogP contribution in [-0.4, -0.2) is 11.7 Å². The molecule has 0 spiro atoms. The third-order valence-electron chi connectivity index (χ3n) is 1.93. The summed E-state index contributed by atoms with van der Waals surface area (Å²) in [4.78, 5) is 0. The van der Waals surface area contributed by atoms with E-state index in [0.717, 1.165) is 12.8 Å². The maximum absolute atomic E-state index is 5.92. The zero-order chi connectivity index (χ0) is 9.90. The summed E-state index contributed by atoms with van der Waals surface area (Å²) in [5.74, 6) is 0. The van der Waals surface area contributed by atoms with Gasteiger partial charge in [-0.2, -0.15) is 11.6 Å². The molecule has 0 radical (unpaired) electrons. The van der Waals surface area contributed by atoms with E-state index in [9.17, 15) is 0 Å². The molecule has 0 saturated heterocycles. The van der Waals surface area contributed by atoms with Crippen LogP contribution in [0, 0.1) is 6.08 Å². The van der Waals surface area contributed by atoms with E-state index in [1.807, 2.05) is 0 Å². The molecule has 0 aromatic carbocycles. The topological polar surface area (TPSA) is 9.23 Å². The first-order chi connectivity index (χ1) is 6.03. The van der Waals surface area contributed by atoms with E-state index in [1.165, 1.54) is 5.57 Å². The largest absolute Gasteiger partial charge is 0.371 e. The Morgan fingerprint density at radius 1 is 1.38 bits per heavy atom. The fourth-order valence-electron chi connectivity index (χ4n) is 1.44. The van der Waals surface area contributed by atoms with Gasteiger partial charge < -0.3 is 4.74 Å². The maximum Gasteiger partial charge on any atom is 0.0605 e. The smallest absolute Gasteiger partial charge is 0.0605 e. The fourth-order valence-corrected chi connectivity index (χ4v) is 1.44. The Bertz CT molecular complexity index is 232. The van der Waals surface area contributed by atoms with Crippen LogP contribution in [0.15, 0.2) is 17.7 Å². The minimum atomic E-state index is -0.0637. The first kappa shape index (κ1) is 22.0. The Labute approximate surface area is 127 Å². The molecular weight excluding hydrogens is 279 g/mol. The van der Waals surface area contributed by atoms with E-state index in [0.29, 0.717) is 0 Å². The second-order valence-corrected chi connectivity index (χ2v) is 4.37. The predicted molar refractivity (Wildman–Crippen MR) is 69.9 cm³/mol. The van der Waals surface area contributed by atoms with Gasteiger partial charge in [-0.1, -0.05) is 6.92 Å². The van der Waals surface area contributed by atoms with Gasteiger partial charge in [-0.3, -0.25) is 6.08 Å². The summed E-state index contributed by atoms with van der Waals surface area (Å²) in [6, 6.07) is 0. The third-order valence-corrected chi connectivity index (χ3v) is 1.93. The molecule has 0 saturated carbocycles. The number of hydrogen-bond donors (Lipinski definition) is 0. The van der Waals surface area contributed by atoms with E-state index in [2.05, 4.69) is 45.9 Å². The van der Waals surface area contributed by atoms with Crippen molar-refractivity contribution >= 4 is 24.8 Å². The number of rotatable bonds is 3. The molecule has 0 N–H and O–H groups in total. The van der Waals surface area contributed by atoms with Crippen LogP contribution < -0.4 is 0 Å². The number of ether oxygens (including phenoxy) is 1. The van der Waals surface area contributed by atoms with Crippen LogP contribution in [0.25, 0.3) is 0 Å². The van der Waals surface area contributed by atoms with Gasteiger partial charge in [-0.05, 0) is 27.2 Å². The van der Waals surface area contributed by atoms with Crippen molar-refractivity contribution in [3.63, 3.8) is 0 Å². The van der Waals surface area contributed by atoms with Crippen molar-refractivity contribution < 1.29 is 26.5 Å². The molecule has 1 aliphatic rings. The van der Waals surface area contributed by atoms with Crippen LogP contribution in [0.1, 0.15) is 40.5 Å². The minimum absolute atomic E-state index is 0. The molecule has 1 rings (SSSR count). The van der Waals surface area contributed by atoms with Crippen molar-refractivity contribution in [3.05, 3.63) is 23.8 Å². The van der Waals surface area contributed by atoms with Gasteiger partial charge in [0.2, 0.25) is 0 Å². The van der Waals surface area contributed by atoms with Crippen LogP contribution in [-0.2, 0) is 26.5 Å². The zero-order valence-corrected chi connectivity index (χ0v) is 13.6. The Morgan fingerprint density at radius 3 is 2.25 bits per heavy atom. The molecule has 0 aromatic heterocycles. The molecule has 0 amide bonds. The van der Waals surface area contributed by atoms with E-state index in [-0.39, 0.29) is 58.2 Å². The number of allylic oxidation sites excluding steroid dienone is 2. The van der Waals surface area contributed by atoms with E-state index in [1.54, 1.807) is 0 Å². The van der Waals surface area contributed by atoms with Gasteiger partial charge in [-0.15, -0.1) is 31.2 Å². The SMILES string of the molecule is CCC(OC(C)(C)C)C1=[C-]CC=C1.Cl.Cl.[Ti]. The molecule has 0 fully saturated rings. The third kappa shape index (κ3) is 7.92.